The standard InChI is InChI=1S/C24BF20.C20H15N2O5S/c26-5-1(6(27)14(35)21(42)13(5)34)25(2-7(28)15(36)22(43)16(37)8(2)29,3-9(30)17(38)23(44)18(39)10(3)31)4-11(32)19(40)24(45)20(41)12(4)33;23-20(15-6-2-1-3-7-15)14-28(18-10-4-8-16(12-18)21(24)25)19-11-5-9-17(13-19)22(26)27/h;1-13H,14H2/q-1;+1. The normalized spacial score (nSPS) is 11.5. The molecule has 7 nitrogen and oxygen atoms in total. The third-order valence-corrected chi connectivity index (χ3v) is 12.9. The average molecular weight is 1070 g/mol. The van der Waals surface area contributed by atoms with Crippen LogP contribution in [0.1, 0.15) is 10.4 Å². The van der Waals surface area contributed by atoms with Crippen molar-refractivity contribution in [2.75, 3.05) is 5.75 Å². The van der Waals surface area contributed by atoms with Crippen molar-refractivity contribution in [2.24, 2.45) is 0 Å². The molecule has 0 fully saturated rings. The molecule has 0 aliphatic heterocycles. The number of nitrogens with zero attached hydrogens (tertiary/aromatic N) is 2. The molecule has 0 bridgehead atoms. The molecule has 0 aliphatic carbocycles. The molecule has 0 aliphatic rings. The number of carbonyl (C=O) groups excluding carboxylic acids is 1. The lowest BCUT2D eigenvalue weighted by atomic mass is 9.12. The van der Waals surface area contributed by atoms with Gasteiger partial charge in [0.2, 0.25) is 5.78 Å². The maximum atomic E-state index is 15.4. The molecule has 0 atom stereocenters. The second-order valence-corrected chi connectivity index (χ2v) is 16.6. The van der Waals surface area contributed by atoms with Crippen LogP contribution in [-0.2, 0) is 10.9 Å². The molecule has 29 heteroatoms. The van der Waals surface area contributed by atoms with Crippen molar-refractivity contribution in [1.82, 2.24) is 0 Å². The quantitative estimate of drug-likeness (QED) is 0.0188. The van der Waals surface area contributed by atoms with E-state index in [2.05, 4.69) is 0 Å². The molecule has 7 aromatic carbocycles. The summed E-state index contributed by atoms with van der Waals surface area (Å²) in [4.78, 5) is 35.2. The molecule has 7 rings (SSSR count). The van der Waals surface area contributed by atoms with Crippen LogP contribution in [0, 0.1) is 137 Å². The van der Waals surface area contributed by atoms with Crippen molar-refractivity contribution >= 4 is 56.1 Å². The van der Waals surface area contributed by atoms with Gasteiger partial charge in [0.25, 0.3) is 11.4 Å². The first kappa shape index (κ1) is 54.4. The lowest BCUT2D eigenvalue weighted by Gasteiger charge is -2.44. The first-order valence-corrected chi connectivity index (χ1v) is 20.6. The van der Waals surface area contributed by atoms with E-state index in [1.165, 1.54) is 24.3 Å². The van der Waals surface area contributed by atoms with Gasteiger partial charge in [0, 0.05) is 17.7 Å². The Kier molecular flexibility index (Phi) is 15.4. The van der Waals surface area contributed by atoms with E-state index < -0.39 is 165 Å². The van der Waals surface area contributed by atoms with Gasteiger partial charge >= 0.3 is 0 Å². The molecule has 0 heterocycles. The van der Waals surface area contributed by atoms with Gasteiger partial charge in [0.15, 0.2) is 85.4 Å². The highest BCUT2D eigenvalue weighted by molar-refractivity contribution is 7.97. The molecule has 7 aromatic rings. The fourth-order valence-electron chi connectivity index (χ4n) is 7.52. The van der Waals surface area contributed by atoms with Gasteiger partial charge in [0.05, 0.1) is 32.9 Å². The van der Waals surface area contributed by atoms with Gasteiger partial charge < -0.3 is 0 Å². The minimum Gasteiger partial charge on any atom is -0.289 e. The summed E-state index contributed by atoms with van der Waals surface area (Å²) < 4.78 is 294. The largest absolute Gasteiger partial charge is 0.289 e. The first-order valence-electron chi connectivity index (χ1n) is 19.2. The number of benzene rings is 7. The molecule has 0 spiro atoms. The number of carbonyl (C=O) groups is 1. The summed E-state index contributed by atoms with van der Waals surface area (Å²) >= 11 is 0. The number of nitro benzene ring substituents is 2. The summed E-state index contributed by atoms with van der Waals surface area (Å²) in [5, 5.41) is 22.3. The zero-order chi connectivity index (χ0) is 54.5. The molecule has 0 unspecified atom stereocenters. The van der Waals surface area contributed by atoms with Crippen molar-refractivity contribution in [3.05, 3.63) is 221 Å². The Labute approximate surface area is 394 Å². The van der Waals surface area contributed by atoms with E-state index in [9.17, 15) is 77.7 Å². The maximum Gasteiger partial charge on any atom is 0.274 e. The number of ketones is 1. The number of non-ortho nitro benzene ring substituents is 2. The van der Waals surface area contributed by atoms with Crippen molar-refractivity contribution in [3.8, 4) is 0 Å². The summed E-state index contributed by atoms with van der Waals surface area (Å²) in [6, 6.07) is 20.8. The van der Waals surface area contributed by atoms with Crippen LogP contribution < -0.4 is 21.9 Å². The summed E-state index contributed by atoms with van der Waals surface area (Å²) in [5.41, 5.74) is -14.0. The third kappa shape index (κ3) is 9.16. The van der Waals surface area contributed by atoms with Gasteiger partial charge in [-0.05, 0) is 12.1 Å². The van der Waals surface area contributed by atoms with Crippen LogP contribution in [0.5, 0.6) is 0 Å². The van der Waals surface area contributed by atoms with E-state index >= 15 is 35.1 Å². The smallest absolute Gasteiger partial charge is 0.274 e. The molecule has 0 N–H and O–H groups in total. The zero-order valence-electron chi connectivity index (χ0n) is 34.7. The van der Waals surface area contributed by atoms with Crippen LogP contribution >= 0.6 is 0 Å². The van der Waals surface area contributed by atoms with Gasteiger partial charge in [-0.25, -0.2) is 87.8 Å². The Morgan fingerprint density at radius 3 is 0.863 bits per heavy atom. The molecule has 0 saturated carbocycles. The molecule has 380 valence electrons. The summed E-state index contributed by atoms with van der Waals surface area (Å²) in [7, 11) is -0.894. The van der Waals surface area contributed by atoms with E-state index in [1.54, 1.807) is 54.6 Å². The predicted molar refractivity (Wildman–Crippen MR) is 215 cm³/mol. The minimum atomic E-state index is -7.22. The average Bonchev–Trinajstić information content (AvgIpc) is 3.38. The SMILES string of the molecule is Fc1c(F)c(F)c([B-](c2c(F)c(F)c(F)c(F)c2F)(c2c(F)c(F)c(F)c(F)c2F)c2c(F)c(F)c(F)c(F)c2F)c(F)c1F.O=C(C[S+](c1cccc([N+](=O)[O-])c1)c1cccc([N+](=O)[O-])c1)c1ccccc1. The van der Waals surface area contributed by atoms with E-state index in [4.69, 9.17) is 0 Å². The van der Waals surface area contributed by atoms with Crippen LogP contribution in [0.15, 0.2) is 88.7 Å². The van der Waals surface area contributed by atoms with Gasteiger partial charge in [-0.1, -0.05) is 42.5 Å². The summed E-state index contributed by atoms with van der Waals surface area (Å²) in [6.45, 7) is 0. The van der Waals surface area contributed by atoms with Crippen LogP contribution in [0.2, 0.25) is 0 Å². The molecular weight excluding hydrogens is 1060 g/mol. The summed E-state index contributed by atoms with van der Waals surface area (Å²) in [5.74, 6) is -71.5. The highest BCUT2D eigenvalue weighted by Gasteiger charge is 2.52. The zero-order valence-corrected chi connectivity index (χ0v) is 35.5. The Hall–Kier alpha value is -7.98. The van der Waals surface area contributed by atoms with Crippen LogP contribution in [0.4, 0.5) is 99.2 Å². The number of hydrogen-bond acceptors (Lipinski definition) is 5. The minimum absolute atomic E-state index is 0.0619. The van der Waals surface area contributed by atoms with Gasteiger partial charge in [0.1, 0.15) is 52.7 Å². The highest BCUT2D eigenvalue weighted by Crippen LogP contribution is 2.32. The maximum absolute atomic E-state index is 15.4. The van der Waals surface area contributed by atoms with Crippen LogP contribution in [0.3, 0.4) is 0 Å². The number of halogens is 20. The number of Topliss-reactive ketones (excluding diaryl/α,β-unsaturated/α-hetero) is 1. The Balaban J connectivity index is 0.000000265. The van der Waals surface area contributed by atoms with Gasteiger partial charge in [-0.2, -0.15) is 0 Å². The van der Waals surface area contributed by atoms with E-state index in [0.717, 1.165) is 0 Å². The molecule has 0 aromatic heterocycles. The van der Waals surface area contributed by atoms with E-state index in [-0.39, 0.29) is 22.9 Å². The van der Waals surface area contributed by atoms with Crippen molar-refractivity contribution in [3.63, 3.8) is 0 Å². The monoisotopic (exact) mass is 1070 g/mol. The van der Waals surface area contributed by atoms with Crippen molar-refractivity contribution < 1.29 is 102 Å². The van der Waals surface area contributed by atoms with Gasteiger partial charge in [-0.3, -0.25) is 25.0 Å². The van der Waals surface area contributed by atoms with Crippen molar-refractivity contribution in [1.29, 1.82) is 0 Å². The fraction of sp³-hybridized carbons (Fsp3) is 0.0227. The molecule has 0 radical (unpaired) electrons. The topological polar surface area (TPSA) is 103 Å². The lowest BCUT2D eigenvalue weighted by molar-refractivity contribution is -0.385. The molecule has 73 heavy (non-hydrogen) atoms. The van der Waals surface area contributed by atoms with E-state index in [1.807, 2.05) is 0 Å². The van der Waals surface area contributed by atoms with Crippen LogP contribution in [-0.4, -0.2) is 27.5 Å². The molecular formula is C44H15BF20N2O5S. The number of rotatable bonds is 11. The van der Waals surface area contributed by atoms with Crippen LogP contribution in [0.25, 0.3) is 0 Å². The number of hydrogen-bond donors (Lipinski definition) is 0. The molecule has 0 amide bonds. The number of nitro groups is 2. The highest BCUT2D eigenvalue weighted by atomic mass is 32.2. The third-order valence-electron chi connectivity index (χ3n) is 10.7. The predicted octanol–water partition coefficient (Wildman–Crippen LogP) is 10.3. The Bertz CT molecular complexity index is 3010. The van der Waals surface area contributed by atoms with Gasteiger partial charge in [-0.15, -0.1) is 21.9 Å². The lowest BCUT2D eigenvalue weighted by Crippen LogP contribution is -2.81. The summed E-state index contributed by atoms with van der Waals surface area (Å²) in [6.07, 6.45) is -7.22. The van der Waals surface area contributed by atoms with Crippen molar-refractivity contribution in [2.45, 2.75) is 9.79 Å². The fourth-order valence-corrected chi connectivity index (χ4v) is 9.56. The Morgan fingerprint density at radius 2 is 0.616 bits per heavy atom. The van der Waals surface area contributed by atoms with E-state index in [0.29, 0.717) is 15.4 Å². The first-order chi connectivity index (χ1) is 34.2. The second kappa shape index (κ2) is 20.6. The second-order valence-electron chi connectivity index (χ2n) is 14.6. The Morgan fingerprint density at radius 1 is 0.370 bits per heavy atom. The molecule has 0 saturated heterocycles.